The number of hydrogen-bond acceptors (Lipinski definition) is 4. The maximum Gasteiger partial charge on any atom is 0.129 e. The van der Waals surface area contributed by atoms with E-state index in [1.807, 2.05) is 19.1 Å². The number of aromatic nitrogens is 1. The number of pyridine rings is 1. The summed E-state index contributed by atoms with van der Waals surface area (Å²) in [6.45, 7) is 1.90. The van der Waals surface area contributed by atoms with Crippen LogP contribution in [-0.2, 0) is 0 Å². The van der Waals surface area contributed by atoms with Gasteiger partial charge >= 0.3 is 0 Å². The minimum atomic E-state index is -0.155. The predicted molar refractivity (Wildman–Crippen MR) is 73.7 cm³/mol. The molecule has 1 heterocycles. The van der Waals surface area contributed by atoms with Gasteiger partial charge in [0.15, 0.2) is 0 Å². The molecule has 0 saturated carbocycles. The van der Waals surface area contributed by atoms with Crippen LogP contribution in [0.2, 0.25) is 0 Å². The number of rotatable bonds is 3. The van der Waals surface area contributed by atoms with Crippen LogP contribution in [0.3, 0.4) is 0 Å². The molecule has 18 heavy (non-hydrogen) atoms. The zero-order chi connectivity index (χ0) is 13.1. The third-order valence-corrected chi connectivity index (χ3v) is 3.24. The van der Waals surface area contributed by atoms with E-state index in [1.165, 1.54) is 18.2 Å². The van der Waals surface area contributed by atoms with E-state index in [2.05, 4.69) is 26.2 Å². The number of benzene rings is 1. The summed E-state index contributed by atoms with van der Waals surface area (Å²) < 4.78 is 0.705. The van der Waals surface area contributed by atoms with Gasteiger partial charge in [-0.1, -0.05) is 0 Å². The van der Waals surface area contributed by atoms with Crippen LogP contribution in [-0.4, -0.2) is 15.2 Å². The molecule has 2 aromatic rings. The third kappa shape index (κ3) is 2.73. The van der Waals surface area contributed by atoms with Gasteiger partial charge in [-0.15, -0.1) is 0 Å². The van der Waals surface area contributed by atoms with Crippen molar-refractivity contribution in [2.24, 2.45) is 0 Å². The van der Waals surface area contributed by atoms with E-state index in [-0.39, 0.29) is 17.5 Å². The van der Waals surface area contributed by atoms with Crippen LogP contribution < -0.4 is 5.32 Å². The van der Waals surface area contributed by atoms with Crippen LogP contribution in [0.1, 0.15) is 18.5 Å². The number of aromatic hydroxyl groups is 2. The Bertz CT molecular complexity index is 560. The summed E-state index contributed by atoms with van der Waals surface area (Å²) in [6, 6.07) is 8.01. The van der Waals surface area contributed by atoms with Gasteiger partial charge in [0.25, 0.3) is 0 Å². The topological polar surface area (TPSA) is 65.4 Å². The maximum atomic E-state index is 9.77. The Balaban J connectivity index is 2.25. The third-order valence-electron chi connectivity index (χ3n) is 2.61. The number of nitrogens with one attached hydrogen (secondary N) is 1. The molecule has 4 nitrogen and oxygen atoms in total. The van der Waals surface area contributed by atoms with Gasteiger partial charge in [-0.05, 0) is 53.2 Å². The second-order valence-electron chi connectivity index (χ2n) is 3.95. The molecule has 3 N–H and O–H groups in total. The maximum absolute atomic E-state index is 9.77. The standard InChI is InChI=1S/C13H13BrN2O2/c1-8(10-7-9(17)4-5-12(10)18)16-11-3-2-6-15-13(11)14/h2-8,16-18H,1H3. The summed E-state index contributed by atoms with van der Waals surface area (Å²) in [7, 11) is 0. The minimum Gasteiger partial charge on any atom is -0.508 e. The Hall–Kier alpha value is -1.75. The minimum absolute atomic E-state index is 0.127. The van der Waals surface area contributed by atoms with Gasteiger partial charge < -0.3 is 15.5 Å². The molecule has 0 bridgehead atoms. The fraction of sp³-hybridized carbons (Fsp3) is 0.154. The van der Waals surface area contributed by atoms with Crippen LogP contribution in [0, 0.1) is 0 Å². The summed E-state index contributed by atoms with van der Waals surface area (Å²) >= 11 is 3.34. The van der Waals surface area contributed by atoms with Crippen LogP contribution in [0.15, 0.2) is 41.1 Å². The van der Waals surface area contributed by atoms with Crippen molar-refractivity contribution in [3.8, 4) is 11.5 Å². The quantitative estimate of drug-likeness (QED) is 0.600. The lowest BCUT2D eigenvalue weighted by molar-refractivity contribution is 0.451. The van der Waals surface area contributed by atoms with Crippen molar-refractivity contribution in [3.63, 3.8) is 0 Å². The molecule has 0 aliphatic heterocycles. The van der Waals surface area contributed by atoms with Gasteiger partial charge in [0, 0.05) is 11.8 Å². The van der Waals surface area contributed by atoms with Crippen molar-refractivity contribution >= 4 is 21.6 Å². The summed E-state index contributed by atoms with van der Waals surface area (Å²) in [4.78, 5) is 4.11. The summed E-state index contributed by atoms with van der Waals surface area (Å²) in [5, 5.41) is 22.4. The highest BCUT2D eigenvalue weighted by Crippen LogP contribution is 2.31. The van der Waals surface area contributed by atoms with E-state index in [0.29, 0.717) is 10.2 Å². The number of anilines is 1. The normalized spacial score (nSPS) is 12.1. The molecule has 94 valence electrons. The summed E-state index contributed by atoms with van der Waals surface area (Å²) in [5.74, 6) is 0.273. The van der Waals surface area contributed by atoms with Crippen molar-refractivity contribution in [2.45, 2.75) is 13.0 Å². The van der Waals surface area contributed by atoms with E-state index < -0.39 is 0 Å². The Morgan fingerprint density at radius 1 is 1.28 bits per heavy atom. The Morgan fingerprint density at radius 3 is 2.78 bits per heavy atom. The summed E-state index contributed by atoms with van der Waals surface area (Å²) in [6.07, 6.45) is 1.69. The van der Waals surface area contributed by atoms with Gasteiger partial charge in [-0.3, -0.25) is 0 Å². The molecule has 1 aromatic carbocycles. The number of hydrogen-bond donors (Lipinski definition) is 3. The SMILES string of the molecule is CC(Nc1cccnc1Br)c1cc(O)ccc1O. The van der Waals surface area contributed by atoms with E-state index in [9.17, 15) is 10.2 Å². The Kier molecular flexibility index (Phi) is 3.72. The molecule has 0 saturated heterocycles. The van der Waals surface area contributed by atoms with E-state index in [1.54, 1.807) is 6.20 Å². The average molecular weight is 309 g/mol. The molecule has 0 radical (unpaired) electrons. The molecule has 1 atom stereocenters. The van der Waals surface area contributed by atoms with Crippen molar-refractivity contribution in [3.05, 3.63) is 46.7 Å². The van der Waals surface area contributed by atoms with E-state index in [0.717, 1.165) is 5.69 Å². The van der Waals surface area contributed by atoms with Gasteiger partial charge in [0.05, 0.1) is 11.7 Å². The van der Waals surface area contributed by atoms with Crippen molar-refractivity contribution in [1.29, 1.82) is 0 Å². The average Bonchev–Trinajstić information content (AvgIpc) is 2.35. The van der Waals surface area contributed by atoms with Crippen LogP contribution in [0.4, 0.5) is 5.69 Å². The Labute approximate surface area is 113 Å². The highest BCUT2D eigenvalue weighted by Gasteiger charge is 2.12. The fourth-order valence-electron chi connectivity index (χ4n) is 1.69. The second kappa shape index (κ2) is 5.27. The van der Waals surface area contributed by atoms with Gasteiger partial charge in [0.1, 0.15) is 16.1 Å². The largest absolute Gasteiger partial charge is 0.508 e. The lowest BCUT2D eigenvalue weighted by Gasteiger charge is -2.17. The lowest BCUT2D eigenvalue weighted by Crippen LogP contribution is -2.07. The zero-order valence-corrected chi connectivity index (χ0v) is 11.3. The number of phenols is 2. The molecule has 0 amide bonds. The van der Waals surface area contributed by atoms with Gasteiger partial charge in [-0.2, -0.15) is 0 Å². The molecule has 1 aromatic heterocycles. The molecule has 0 fully saturated rings. The molecule has 1 unspecified atom stereocenters. The van der Waals surface area contributed by atoms with Gasteiger partial charge in [-0.25, -0.2) is 4.98 Å². The highest BCUT2D eigenvalue weighted by atomic mass is 79.9. The number of halogens is 1. The Morgan fingerprint density at radius 2 is 2.06 bits per heavy atom. The smallest absolute Gasteiger partial charge is 0.129 e. The lowest BCUT2D eigenvalue weighted by atomic mass is 10.1. The molecule has 0 aliphatic carbocycles. The number of nitrogens with zero attached hydrogens (tertiary/aromatic N) is 1. The van der Waals surface area contributed by atoms with Crippen molar-refractivity contribution in [1.82, 2.24) is 4.98 Å². The van der Waals surface area contributed by atoms with Crippen LogP contribution >= 0.6 is 15.9 Å². The first kappa shape index (κ1) is 12.7. The molecule has 5 heteroatoms. The highest BCUT2D eigenvalue weighted by molar-refractivity contribution is 9.10. The second-order valence-corrected chi connectivity index (χ2v) is 4.70. The molecular formula is C13H13BrN2O2. The van der Waals surface area contributed by atoms with E-state index >= 15 is 0 Å². The van der Waals surface area contributed by atoms with Crippen molar-refractivity contribution in [2.75, 3.05) is 5.32 Å². The van der Waals surface area contributed by atoms with Crippen LogP contribution in [0.25, 0.3) is 0 Å². The molecule has 2 rings (SSSR count). The molecular weight excluding hydrogens is 296 g/mol. The molecule has 0 aliphatic rings. The first-order valence-electron chi connectivity index (χ1n) is 5.47. The predicted octanol–water partition coefficient (Wildman–Crippen LogP) is 3.43. The first-order chi connectivity index (χ1) is 8.58. The number of phenolic OH excluding ortho intramolecular Hbond substituents is 2. The monoisotopic (exact) mass is 308 g/mol. The summed E-state index contributed by atoms with van der Waals surface area (Å²) in [5.41, 5.74) is 1.46. The fourth-order valence-corrected chi connectivity index (χ4v) is 2.06. The van der Waals surface area contributed by atoms with Crippen molar-refractivity contribution < 1.29 is 10.2 Å². The van der Waals surface area contributed by atoms with E-state index in [4.69, 9.17) is 0 Å². The van der Waals surface area contributed by atoms with Crippen LogP contribution in [0.5, 0.6) is 11.5 Å². The molecule has 0 spiro atoms. The first-order valence-corrected chi connectivity index (χ1v) is 6.26. The van der Waals surface area contributed by atoms with Gasteiger partial charge in [0.2, 0.25) is 0 Å². The zero-order valence-electron chi connectivity index (χ0n) is 9.76.